The van der Waals surface area contributed by atoms with Gasteiger partial charge in [-0.25, -0.2) is 0 Å². The zero-order valence-corrected chi connectivity index (χ0v) is 8.12. The highest BCUT2D eigenvalue weighted by atomic mass is 16.3. The second-order valence-corrected chi connectivity index (χ2v) is 3.72. The first-order valence-corrected chi connectivity index (χ1v) is 4.83. The van der Waals surface area contributed by atoms with Crippen LogP contribution in [0.25, 0.3) is 0 Å². The summed E-state index contributed by atoms with van der Waals surface area (Å²) in [7, 11) is 0. The molecule has 1 heterocycles. The number of nitrogens with two attached hydrogens (primary N) is 1. The molecular formula is C10H12N2O3. The van der Waals surface area contributed by atoms with Crippen molar-refractivity contribution in [3.8, 4) is 0 Å². The number of nitrogens with one attached hydrogen (secondary N) is 1. The smallest absolute Gasteiger partial charge is 0.261 e. The summed E-state index contributed by atoms with van der Waals surface area (Å²) in [5.41, 5.74) is 5.82. The van der Waals surface area contributed by atoms with Gasteiger partial charge in [0.05, 0.1) is 6.10 Å². The molecule has 0 aromatic carbocycles. The third kappa shape index (κ3) is 1.66. The standard InChI is InChI=1S/C10H12N2O3/c11-9(14)6-4-5-7(12-10(6)15)2-1-3-8(5)13/h4,8,13H,1-3H2,(H2,11,14)(H,12,15). The third-order valence-electron chi connectivity index (χ3n) is 2.69. The number of aromatic amines is 1. The van der Waals surface area contributed by atoms with E-state index < -0.39 is 17.6 Å². The van der Waals surface area contributed by atoms with E-state index >= 15 is 0 Å². The van der Waals surface area contributed by atoms with Gasteiger partial charge in [0.25, 0.3) is 11.5 Å². The van der Waals surface area contributed by atoms with Crippen LogP contribution in [0.1, 0.15) is 40.6 Å². The van der Waals surface area contributed by atoms with Gasteiger partial charge in [0, 0.05) is 11.3 Å². The number of hydrogen-bond acceptors (Lipinski definition) is 3. The first-order chi connectivity index (χ1) is 7.09. The van der Waals surface area contributed by atoms with Gasteiger partial charge in [-0.1, -0.05) is 0 Å². The fourth-order valence-corrected chi connectivity index (χ4v) is 1.90. The van der Waals surface area contributed by atoms with Crippen molar-refractivity contribution in [3.05, 3.63) is 33.2 Å². The summed E-state index contributed by atoms with van der Waals surface area (Å²) in [5.74, 6) is -0.767. The lowest BCUT2D eigenvalue weighted by Gasteiger charge is -2.20. The number of carbonyl (C=O) groups is 1. The topological polar surface area (TPSA) is 96.2 Å². The molecule has 15 heavy (non-hydrogen) atoms. The van der Waals surface area contributed by atoms with Crippen molar-refractivity contribution in [2.75, 3.05) is 0 Å². The Balaban J connectivity index is 2.60. The zero-order chi connectivity index (χ0) is 11.0. The van der Waals surface area contributed by atoms with Gasteiger partial charge in [-0.2, -0.15) is 0 Å². The van der Waals surface area contributed by atoms with Crippen LogP contribution >= 0.6 is 0 Å². The first kappa shape index (κ1) is 9.92. The molecule has 5 heteroatoms. The number of H-pyrrole nitrogens is 1. The van der Waals surface area contributed by atoms with Crippen molar-refractivity contribution in [1.82, 2.24) is 4.98 Å². The molecule has 5 nitrogen and oxygen atoms in total. The lowest BCUT2D eigenvalue weighted by atomic mass is 9.92. The molecule has 2 rings (SSSR count). The van der Waals surface area contributed by atoms with E-state index in [1.165, 1.54) is 6.07 Å². The van der Waals surface area contributed by atoms with Crippen LogP contribution in [0.15, 0.2) is 10.9 Å². The second kappa shape index (κ2) is 3.51. The Kier molecular flexibility index (Phi) is 2.32. The lowest BCUT2D eigenvalue weighted by Crippen LogP contribution is -2.27. The van der Waals surface area contributed by atoms with E-state index in [1.807, 2.05) is 0 Å². The number of pyridine rings is 1. The van der Waals surface area contributed by atoms with Crippen LogP contribution in [0.5, 0.6) is 0 Å². The average molecular weight is 208 g/mol. The quantitative estimate of drug-likeness (QED) is 0.598. The summed E-state index contributed by atoms with van der Waals surface area (Å²) in [4.78, 5) is 24.9. The number of aromatic nitrogens is 1. The van der Waals surface area contributed by atoms with Crippen LogP contribution in [0, 0.1) is 0 Å². The highest BCUT2D eigenvalue weighted by molar-refractivity contribution is 5.92. The minimum Gasteiger partial charge on any atom is -0.388 e. The number of rotatable bonds is 1. The molecule has 1 aromatic rings. The molecule has 0 fully saturated rings. The van der Waals surface area contributed by atoms with Crippen LogP contribution in [-0.2, 0) is 6.42 Å². The molecule has 1 aliphatic rings. The van der Waals surface area contributed by atoms with Crippen molar-refractivity contribution in [3.63, 3.8) is 0 Å². The van der Waals surface area contributed by atoms with Crippen molar-refractivity contribution >= 4 is 5.91 Å². The number of aliphatic hydroxyl groups is 1. The van der Waals surface area contributed by atoms with Gasteiger partial charge in [-0.3, -0.25) is 9.59 Å². The SMILES string of the molecule is NC(=O)c1cc2c([nH]c1=O)CCCC2O. The van der Waals surface area contributed by atoms with Crippen molar-refractivity contribution in [2.45, 2.75) is 25.4 Å². The number of primary amides is 1. The Morgan fingerprint density at radius 3 is 3.00 bits per heavy atom. The maximum absolute atomic E-state index is 11.4. The molecule has 1 aromatic heterocycles. The van der Waals surface area contributed by atoms with Gasteiger partial charge < -0.3 is 15.8 Å². The van der Waals surface area contributed by atoms with Gasteiger partial charge in [0.2, 0.25) is 0 Å². The number of fused-ring (bicyclic) bond motifs is 1. The van der Waals surface area contributed by atoms with Crippen molar-refractivity contribution in [1.29, 1.82) is 0 Å². The molecule has 0 saturated carbocycles. The van der Waals surface area contributed by atoms with E-state index in [-0.39, 0.29) is 5.56 Å². The summed E-state index contributed by atoms with van der Waals surface area (Å²) in [6.45, 7) is 0. The summed E-state index contributed by atoms with van der Waals surface area (Å²) in [6, 6.07) is 1.40. The summed E-state index contributed by atoms with van der Waals surface area (Å²) >= 11 is 0. The highest BCUT2D eigenvalue weighted by Gasteiger charge is 2.21. The fourth-order valence-electron chi connectivity index (χ4n) is 1.90. The molecule has 80 valence electrons. The van der Waals surface area contributed by atoms with Crippen LogP contribution < -0.4 is 11.3 Å². The number of amides is 1. The van der Waals surface area contributed by atoms with E-state index in [1.54, 1.807) is 0 Å². The Morgan fingerprint density at radius 2 is 2.33 bits per heavy atom. The summed E-state index contributed by atoms with van der Waals surface area (Å²) < 4.78 is 0. The molecule has 0 aliphatic heterocycles. The number of aryl methyl sites for hydroxylation is 1. The Hall–Kier alpha value is -1.62. The first-order valence-electron chi connectivity index (χ1n) is 4.83. The minimum atomic E-state index is -0.767. The highest BCUT2D eigenvalue weighted by Crippen LogP contribution is 2.27. The average Bonchev–Trinajstić information content (AvgIpc) is 2.16. The van der Waals surface area contributed by atoms with Gasteiger partial charge in [-0.05, 0) is 25.3 Å². The monoisotopic (exact) mass is 208 g/mol. The van der Waals surface area contributed by atoms with E-state index in [9.17, 15) is 14.7 Å². The van der Waals surface area contributed by atoms with Crippen molar-refractivity contribution < 1.29 is 9.90 Å². The zero-order valence-electron chi connectivity index (χ0n) is 8.12. The van der Waals surface area contributed by atoms with Gasteiger partial charge in [-0.15, -0.1) is 0 Å². The molecule has 1 amide bonds. The molecule has 0 radical (unpaired) electrons. The van der Waals surface area contributed by atoms with E-state index in [2.05, 4.69) is 4.98 Å². The Morgan fingerprint density at radius 1 is 1.60 bits per heavy atom. The Labute approximate surface area is 85.9 Å². The predicted molar refractivity (Wildman–Crippen MR) is 53.5 cm³/mol. The predicted octanol–water partition coefficient (Wildman–Crippen LogP) is -0.157. The molecule has 0 saturated heterocycles. The van der Waals surface area contributed by atoms with Crippen LogP contribution in [0.2, 0.25) is 0 Å². The molecular weight excluding hydrogens is 196 g/mol. The van der Waals surface area contributed by atoms with E-state index in [0.29, 0.717) is 17.7 Å². The molecule has 1 aliphatic carbocycles. The second-order valence-electron chi connectivity index (χ2n) is 3.72. The number of aliphatic hydroxyl groups excluding tert-OH is 1. The van der Waals surface area contributed by atoms with Crippen LogP contribution in [-0.4, -0.2) is 16.0 Å². The maximum atomic E-state index is 11.4. The van der Waals surface area contributed by atoms with Gasteiger partial charge in [0.15, 0.2) is 0 Å². The van der Waals surface area contributed by atoms with Gasteiger partial charge in [0.1, 0.15) is 5.56 Å². The van der Waals surface area contributed by atoms with Crippen LogP contribution in [0.3, 0.4) is 0 Å². The van der Waals surface area contributed by atoms with Gasteiger partial charge >= 0.3 is 0 Å². The minimum absolute atomic E-state index is 0.0882. The van der Waals surface area contributed by atoms with Crippen LogP contribution in [0.4, 0.5) is 0 Å². The Bertz CT molecular complexity index is 464. The number of hydrogen-bond donors (Lipinski definition) is 3. The summed E-state index contributed by atoms with van der Waals surface area (Å²) in [5, 5.41) is 9.68. The molecule has 4 N–H and O–H groups in total. The molecule has 1 unspecified atom stereocenters. The van der Waals surface area contributed by atoms with E-state index in [0.717, 1.165) is 12.8 Å². The number of carbonyl (C=O) groups excluding carboxylic acids is 1. The largest absolute Gasteiger partial charge is 0.388 e. The van der Waals surface area contributed by atoms with Crippen molar-refractivity contribution in [2.24, 2.45) is 5.73 Å². The summed E-state index contributed by atoms with van der Waals surface area (Å²) in [6.07, 6.45) is 1.60. The lowest BCUT2D eigenvalue weighted by molar-refractivity contribution is 0.0998. The fraction of sp³-hybridized carbons (Fsp3) is 0.400. The molecule has 1 atom stereocenters. The molecule has 0 spiro atoms. The third-order valence-corrected chi connectivity index (χ3v) is 2.69. The molecule has 0 bridgehead atoms. The van der Waals surface area contributed by atoms with E-state index in [4.69, 9.17) is 5.73 Å². The maximum Gasteiger partial charge on any atom is 0.261 e. The normalized spacial score (nSPS) is 19.7.